The molecule has 8 heteroatoms. The van der Waals surface area contributed by atoms with Crippen molar-refractivity contribution < 1.29 is 38.8 Å². The average molecular weight is 515 g/mol. The fourth-order valence-corrected chi connectivity index (χ4v) is 7.35. The van der Waals surface area contributed by atoms with Crippen LogP contribution >= 0.6 is 0 Å². The van der Waals surface area contributed by atoms with Crippen molar-refractivity contribution in [3.63, 3.8) is 0 Å². The number of hydrogen-bond acceptors (Lipinski definition) is 7. The van der Waals surface area contributed by atoms with Crippen molar-refractivity contribution in [2.75, 3.05) is 13.2 Å². The van der Waals surface area contributed by atoms with Gasteiger partial charge in [0, 0.05) is 18.8 Å². The van der Waals surface area contributed by atoms with Gasteiger partial charge in [0.25, 0.3) is 0 Å². The quantitative estimate of drug-likeness (QED) is 0.301. The number of allylic oxidation sites excluding steroid dienone is 1. The Balaban J connectivity index is 1.83. The van der Waals surface area contributed by atoms with Crippen LogP contribution in [-0.4, -0.2) is 59.1 Å². The van der Waals surface area contributed by atoms with Crippen molar-refractivity contribution in [3.8, 4) is 0 Å². The summed E-state index contributed by atoms with van der Waals surface area (Å²) in [7, 11) is 0. The lowest BCUT2D eigenvalue weighted by molar-refractivity contribution is -0.233. The first-order chi connectivity index (χ1) is 17.5. The highest BCUT2D eigenvalue weighted by molar-refractivity contribution is 5.89. The first-order valence-electron chi connectivity index (χ1n) is 13.1. The Morgan fingerprint density at radius 3 is 2.35 bits per heavy atom. The van der Waals surface area contributed by atoms with Crippen molar-refractivity contribution in [1.82, 2.24) is 0 Å². The third-order valence-corrected chi connectivity index (χ3v) is 9.08. The summed E-state index contributed by atoms with van der Waals surface area (Å²) in [5.41, 5.74) is -1.25. The lowest BCUT2D eigenvalue weighted by Gasteiger charge is -2.62. The van der Waals surface area contributed by atoms with Gasteiger partial charge in [-0.15, -0.1) is 0 Å². The highest BCUT2D eigenvalue weighted by Gasteiger charge is 2.76. The number of aliphatic hydroxyl groups is 1. The van der Waals surface area contributed by atoms with E-state index >= 15 is 0 Å². The van der Waals surface area contributed by atoms with Crippen LogP contribution in [0.25, 0.3) is 0 Å². The third kappa shape index (κ3) is 4.81. The van der Waals surface area contributed by atoms with Crippen molar-refractivity contribution in [1.29, 1.82) is 0 Å². The fourth-order valence-electron chi connectivity index (χ4n) is 7.35. The van der Waals surface area contributed by atoms with Gasteiger partial charge < -0.3 is 24.4 Å². The average Bonchev–Trinajstić information content (AvgIpc) is 3.62. The summed E-state index contributed by atoms with van der Waals surface area (Å²) >= 11 is 0. The molecule has 4 rings (SSSR count). The maximum Gasteiger partial charge on any atom is 0.338 e. The number of carboxylic acids is 1. The van der Waals surface area contributed by atoms with E-state index in [9.17, 15) is 24.6 Å². The molecule has 0 aromatic heterocycles. The largest absolute Gasteiger partial charge is 0.481 e. The zero-order chi connectivity index (χ0) is 27.0. The fraction of sp³-hybridized carbons (Fsp3) is 0.621. The Kier molecular flexibility index (Phi) is 7.55. The van der Waals surface area contributed by atoms with Gasteiger partial charge in [-0.3, -0.25) is 9.59 Å². The Morgan fingerprint density at radius 1 is 1.11 bits per heavy atom. The lowest BCUT2D eigenvalue weighted by atomic mass is 9.43. The number of carbonyl (C=O) groups excluding carboxylic acids is 2. The van der Waals surface area contributed by atoms with E-state index in [1.807, 2.05) is 6.92 Å². The molecule has 1 aromatic rings. The van der Waals surface area contributed by atoms with Crippen molar-refractivity contribution >= 4 is 17.9 Å². The van der Waals surface area contributed by atoms with Gasteiger partial charge in [0.2, 0.25) is 0 Å². The molecule has 2 aliphatic carbocycles. The molecule has 1 aromatic carbocycles. The summed E-state index contributed by atoms with van der Waals surface area (Å²) in [5.74, 6) is -2.81. The predicted molar refractivity (Wildman–Crippen MR) is 135 cm³/mol. The number of aliphatic hydroxyl groups excluding tert-OH is 1. The summed E-state index contributed by atoms with van der Waals surface area (Å²) in [6.07, 6.45) is 3.08. The van der Waals surface area contributed by atoms with E-state index in [-0.39, 0.29) is 12.5 Å². The molecule has 2 N–H and O–H groups in total. The summed E-state index contributed by atoms with van der Waals surface area (Å²) < 4.78 is 18.2. The minimum atomic E-state index is -1.20. The van der Waals surface area contributed by atoms with Crippen LogP contribution in [0.5, 0.6) is 0 Å². The van der Waals surface area contributed by atoms with Crippen molar-refractivity contribution in [3.05, 3.63) is 47.5 Å². The Morgan fingerprint density at radius 2 is 1.78 bits per heavy atom. The molecular weight excluding hydrogens is 476 g/mol. The van der Waals surface area contributed by atoms with Gasteiger partial charge >= 0.3 is 17.9 Å². The highest BCUT2D eigenvalue weighted by atomic mass is 16.7. The number of rotatable bonds is 8. The second-order valence-corrected chi connectivity index (χ2v) is 11.4. The number of carboxylic acid groups (broad SMARTS) is 1. The van der Waals surface area contributed by atoms with Crippen LogP contribution in [0.1, 0.15) is 70.2 Å². The number of epoxide rings is 1. The number of fused-ring (bicyclic) bond motifs is 1. The number of ether oxygens (including phenoxy) is 3. The topological polar surface area (TPSA) is 123 Å². The molecule has 1 heterocycles. The SMILES string of the molecule is CC(=O)O[C@@H]1[C@@H](OC(=O)c2ccccc2)[C@@H]2[C@](C)(CCC[C@@]2(C)C(=O)O)[C@H](CC/C(C)=C/CO)[C@@]12CO2. The number of aliphatic carboxylic acids is 1. The molecule has 202 valence electrons. The molecular formula is C29H38O8. The van der Waals surface area contributed by atoms with E-state index < -0.39 is 52.5 Å². The van der Waals surface area contributed by atoms with Crippen LogP contribution in [0.15, 0.2) is 42.0 Å². The highest BCUT2D eigenvalue weighted by Crippen LogP contribution is 2.67. The van der Waals surface area contributed by atoms with Crippen molar-refractivity contribution in [2.45, 2.75) is 77.6 Å². The summed E-state index contributed by atoms with van der Waals surface area (Å²) in [4.78, 5) is 38.5. The van der Waals surface area contributed by atoms with Crippen molar-refractivity contribution in [2.24, 2.45) is 22.7 Å². The lowest BCUT2D eigenvalue weighted by Crippen LogP contribution is -2.69. The Labute approximate surface area is 218 Å². The van der Waals surface area contributed by atoms with E-state index in [4.69, 9.17) is 14.2 Å². The molecule has 0 radical (unpaired) electrons. The molecule has 1 saturated heterocycles. The van der Waals surface area contributed by atoms with Gasteiger partial charge in [0.15, 0.2) is 6.10 Å². The van der Waals surface area contributed by atoms with Gasteiger partial charge in [-0.2, -0.15) is 0 Å². The first kappa shape index (κ1) is 27.3. The number of hydrogen-bond donors (Lipinski definition) is 2. The zero-order valence-electron chi connectivity index (χ0n) is 22.1. The predicted octanol–water partition coefficient (Wildman–Crippen LogP) is 4.16. The Hall–Kier alpha value is -2.71. The monoisotopic (exact) mass is 514 g/mol. The third-order valence-electron chi connectivity index (χ3n) is 9.08. The summed E-state index contributed by atoms with van der Waals surface area (Å²) in [6, 6.07) is 8.55. The van der Waals surface area contributed by atoms with E-state index in [1.165, 1.54) is 6.92 Å². The van der Waals surface area contributed by atoms with Crippen LogP contribution in [0, 0.1) is 22.7 Å². The molecule has 1 aliphatic heterocycles. The van der Waals surface area contributed by atoms with Crippen LogP contribution in [-0.2, 0) is 23.8 Å². The number of benzene rings is 1. The molecule has 0 bridgehead atoms. The van der Waals surface area contributed by atoms with Crippen LogP contribution in [0.2, 0.25) is 0 Å². The summed E-state index contributed by atoms with van der Waals surface area (Å²) in [5, 5.41) is 19.8. The smallest absolute Gasteiger partial charge is 0.338 e. The molecule has 8 nitrogen and oxygen atoms in total. The summed E-state index contributed by atoms with van der Waals surface area (Å²) in [6.45, 7) is 7.36. The van der Waals surface area contributed by atoms with Gasteiger partial charge in [-0.05, 0) is 57.1 Å². The maximum atomic E-state index is 13.3. The van der Waals surface area contributed by atoms with E-state index in [1.54, 1.807) is 43.3 Å². The Bertz CT molecular complexity index is 1060. The van der Waals surface area contributed by atoms with Gasteiger partial charge in [0.1, 0.15) is 11.7 Å². The second kappa shape index (κ2) is 10.2. The van der Waals surface area contributed by atoms with Crippen LogP contribution in [0.3, 0.4) is 0 Å². The number of esters is 2. The molecule has 3 aliphatic rings. The van der Waals surface area contributed by atoms with Gasteiger partial charge in [0.05, 0.1) is 24.2 Å². The minimum absolute atomic E-state index is 0.0529. The van der Waals surface area contributed by atoms with Gasteiger partial charge in [-0.1, -0.05) is 43.2 Å². The van der Waals surface area contributed by atoms with E-state index in [0.29, 0.717) is 37.9 Å². The molecule has 2 saturated carbocycles. The first-order valence-corrected chi connectivity index (χ1v) is 13.1. The minimum Gasteiger partial charge on any atom is -0.481 e. The molecule has 7 atom stereocenters. The molecule has 1 spiro atoms. The van der Waals surface area contributed by atoms with E-state index in [2.05, 4.69) is 6.92 Å². The second-order valence-electron chi connectivity index (χ2n) is 11.4. The van der Waals surface area contributed by atoms with Gasteiger partial charge in [-0.25, -0.2) is 4.79 Å². The standard InChI is InChI=1S/C29H38O8/c1-18(13-16-30)11-12-21-27(3)14-8-15-28(4,26(33)34)23(27)22(24(36-19(2)31)29(21)17-35-29)37-25(32)20-9-6-5-7-10-20/h5-7,9-10,13,21-24,30H,8,11-12,14-17H2,1-4H3,(H,33,34)/b18-13+/t21-,22-,23+,24+,27+,28+,29-/m0/s1. The molecule has 0 unspecified atom stereocenters. The molecule has 3 fully saturated rings. The number of carbonyl (C=O) groups is 3. The molecule has 0 amide bonds. The van der Waals surface area contributed by atoms with E-state index in [0.717, 1.165) is 12.0 Å². The maximum absolute atomic E-state index is 13.3. The van der Waals surface area contributed by atoms with Crippen LogP contribution in [0.4, 0.5) is 0 Å². The normalized spacial score (nSPS) is 36.9. The molecule has 37 heavy (non-hydrogen) atoms. The zero-order valence-corrected chi connectivity index (χ0v) is 22.1. The van der Waals surface area contributed by atoms with Crippen LogP contribution < -0.4 is 0 Å².